The Hall–Kier alpha value is -4.65. The van der Waals surface area contributed by atoms with E-state index in [0.717, 1.165) is 61.9 Å². The minimum Gasteiger partial charge on any atom is -0.473 e. The Kier molecular flexibility index (Phi) is 9.91. The molecule has 14 nitrogen and oxygen atoms in total. The van der Waals surface area contributed by atoms with Gasteiger partial charge < -0.3 is 26.7 Å². The van der Waals surface area contributed by atoms with Gasteiger partial charge in [0.25, 0.3) is 0 Å². The fourth-order valence-electron chi connectivity index (χ4n) is 8.19. The summed E-state index contributed by atoms with van der Waals surface area (Å²) in [6.45, 7) is 4.44. The molecule has 15 heteroatoms. The van der Waals surface area contributed by atoms with Gasteiger partial charge in [0.1, 0.15) is 22.9 Å². The number of carbonyl (C=O) groups is 1. The smallest absolute Gasteiger partial charge is 0.219 e. The maximum Gasteiger partial charge on any atom is 0.219 e. The van der Waals surface area contributed by atoms with Crippen molar-refractivity contribution in [1.29, 1.82) is 5.26 Å². The molecule has 0 aromatic carbocycles. The first-order chi connectivity index (χ1) is 24.7. The Morgan fingerprint density at radius 1 is 1.20 bits per heavy atom. The highest BCUT2D eigenvalue weighted by Gasteiger charge is 2.49. The number of nitrogen functional groups attached to an aromatic ring is 1. The summed E-state index contributed by atoms with van der Waals surface area (Å²) in [4.78, 5) is 31.9. The summed E-state index contributed by atoms with van der Waals surface area (Å²) in [5.74, 6) is 0.711. The molecule has 7 rings (SSSR count). The molecule has 2 saturated heterocycles. The number of nitriles is 1. The maximum atomic E-state index is 14.6. The highest BCUT2D eigenvalue weighted by atomic mass is 32.1. The Morgan fingerprint density at radius 3 is 2.73 bits per heavy atom. The number of allylic oxidation sites excluding steroid dienone is 2. The number of aryl methyl sites for hydroxylation is 1. The number of aromatic nitrogens is 5. The Labute approximate surface area is 301 Å². The molecule has 0 radical (unpaired) electrons. The molecule has 268 valence electrons. The standard InChI is InChI=1S/C36H45N11O3S/c1-21(27-7-5-15-46(27)2)50-30-18-29(41-14-9-25(38)26-20-47(45-44-26)22-10-16-49-17-11-22)42-35(43-30)32(39)23-6-3-12-36(33(23)48)13-4-8-28-31(36)24(19-37)34(40)51-28/h9,14,18,20-22,27H,3-8,10-13,15-17,38-40H2,1-2H3/t21-,27-,36-/m0/s1. The molecule has 51 heavy (non-hydrogen) atoms. The number of likely N-dealkylation sites (tertiary alicyclic amines) is 1. The van der Waals surface area contributed by atoms with Crippen molar-refractivity contribution >= 4 is 45.5 Å². The van der Waals surface area contributed by atoms with Gasteiger partial charge in [-0.3, -0.25) is 9.69 Å². The lowest BCUT2D eigenvalue weighted by atomic mass is 9.61. The minimum atomic E-state index is -0.837. The Bertz CT molecular complexity index is 1940. The van der Waals surface area contributed by atoms with Crippen LogP contribution >= 0.6 is 11.3 Å². The first kappa shape index (κ1) is 34.8. The zero-order chi connectivity index (χ0) is 35.7. The summed E-state index contributed by atoms with van der Waals surface area (Å²) in [7, 11) is 2.10. The van der Waals surface area contributed by atoms with E-state index in [1.165, 1.54) is 11.3 Å². The van der Waals surface area contributed by atoms with Crippen LogP contribution in [0.25, 0.3) is 11.4 Å². The van der Waals surface area contributed by atoms with Crippen molar-refractivity contribution in [3.05, 3.63) is 51.4 Å². The number of carbonyl (C=O) groups excluding carboxylic acids is 1. The monoisotopic (exact) mass is 711 g/mol. The maximum absolute atomic E-state index is 14.6. The first-order valence-corrected chi connectivity index (χ1v) is 18.6. The van der Waals surface area contributed by atoms with Gasteiger partial charge in [0.05, 0.1) is 34.6 Å². The van der Waals surface area contributed by atoms with Gasteiger partial charge in [0, 0.05) is 42.0 Å². The van der Waals surface area contributed by atoms with E-state index in [4.69, 9.17) is 36.6 Å². The quantitative estimate of drug-likeness (QED) is 0.222. The highest BCUT2D eigenvalue weighted by Crippen LogP contribution is 2.52. The molecule has 3 aromatic rings. The fraction of sp³-hybridized carbons (Fsp3) is 0.528. The molecule has 0 amide bonds. The summed E-state index contributed by atoms with van der Waals surface area (Å²) >= 11 is 1.42. The SMILES string of the molecule is C[C@H](Oc1cc(N=CC=C(N)c2cn(C3CCOCC3)nn2)nc(C(N)=C2CCC[C@@]3(CCCc4sc(N)c(C#N)c43)C2=O)n1)[C@@H]1CCCN1C. The lowest BCUT2D eigenvalue weighted by Gasteiger charge is -2.40. The summed E-state index contributed by atoms with van der Waals surface area (Å²) in [5, 5.41) is 19.0. The highest BCUT2D eigenvalue weighted by molar-refractivity contribution is 7.16. The molecule has 4 aliphatic rings. The Balaban J connectivity index is 1.21. The largest absolute Gasteiger partial charge is 0.473 e. The molecule has 3 atom stereocenters. The van der Waals surface area contributed by atoms with Gasteiger partial charge in [-0.05, 0) is 96.4 Å². The van der Waals surface area contributed by atoms with Gasteiger partial charge >= 0.3 is 0 Å². The third kappa shape index (κ3) is 6.75. The second-order valence-electron chi connectivity index (χ2n) is 14.0. The number of Topliss-reactive ketones (excluding diaryl/α,β-unsaturated/α-hetero) is 1. The molecule has 1 saturated carbocycles. The molecule has 3 fully saturated rings. The topological polar surface area (TPSA) is 209 Å². The molecule has 3 aromatic heterocycles. The number of rotatable bonds is 8. The van der Waals surface area contributed by atoms with Gasteiger partial charge in [-0.25, -0.2) is 14.7 Å². The summed E-state index contributed by atoms with van der Waals surface area (Å²) < 4.78 is 13.7. The van der Waals surface area contributed by atoms with E-state index in [9.17, 15) is 10.1 Å². The number of fused-ring (bicyclic) bond motifs is 2. The van der Waals surface area contributed by atoms with Crippen LogP contribution in [0.15, 0.2) is 28.9 Å². The van der Waals surface area contributed by atoms with E-state index >= 15 is 0 Å². The zero-order valence-corrected chi connectivity index (χ0v) is 30.0. The van der Waals surface area contributed by atoms with Crippen molar-refractivity contribution in [3.8, 4) is 11.9 Å². The van der Waals surface area contributed by atoms with Crippen LogP contribution in [-0.2, 0) is 21.4 Å². The molecule has 2 aliphatic heterocycles. The van der Waals surface area contributed by atoms with E-state index < -0.39 is 5.41 Å². The van der Waals surface area contributed by atoms with E-state index in [-0.39, 0.29) is 35.5 Å². The predicted octanol–water partition coefficient (Wildman–Crippen LogP) is 4.20. The normalized spacial score (nSPS) is 24.9. The number of thiophene rings is 1. The van der Waals surface area contributed by atoms with Crippen LogP contribution in [0, 0.1) is 11.3 Å². The van der Waals surface area contributed by atoms with Crippen LogP contribution in [0.3, 0.4) is 0 Å². The third-order valence-corrected chi connectivity index (χ3v) is 11.9. The van der Waals surface area contributed by atoms with Crippen LogP contribution in [0.1, 0.15) is 98.3 Å². The average molecular weight is 712 g/mol. The molecule has 0 bridgehead atoms. The fourth-order valence-corrected chi connectivity index (χ4v) is 9.35. The molecular formula is C36H45N11O3S. The molecule has 2 aliphatic carbocycles. The van der Waals surface area contributed by atoms with Gasteiger partial charge in [-0.15, -0.1) is 16.4 Å². The number of hydrogen-bond acceptors (Lipinski definition) is 14. The lowest BCUT2D eigenvalue weighted by molar-refractivity contribution is -0.122. The number of likely N-dealkylation sites (N-methyl/N-ethyl adjacent to an activating group) is 1. The van der Waals surface area contributed by atoms with Crippen molar-refractivity contribution in [1.82, 2.24) is 29.9 Å². The van der Waals surface area contributed by atoms with Crippen LogP contribution in [0.5, 0.6) is 5.88 Å². The van der Waals surface area contributed by atoms with E-state index in [1.807, 2.05) is 17.8 Å². The second-order valence-corrected chi connectivity index (χ2v) is 15.1. The van der Waals surface area contributed by atoms with Crippen molar-refractivity contribution in [2.45, 2.75) is 94.7 Å². The van der Waals surface area contributed by atoms with Gasteiger partial charge in [-0.2, -0.15) is 10.2 Å². The molecule has 5 heterocycles. The number of hydrogen-bond donors (Lipinski definition) is 3. The van der Waals surface area contributed by atoms with E-state index in [1.54, 1.807) is 18.4 Å². The van der Waals surface area contributed by atoms with E-state index in [2.05, 4.69) is 33.3 Å². The lowest BCUT2D eigenvalue weighted by Crippen LogP contribution is -2.43. The molecule has 6 N–H and O–H groups in total. The number of aliphatic imine (C=N–C) groups is 1. The molecule has 0 unspecified atom stereocenters. The molecular weight excluding hydrogens is 667 g/mol. The van der Waals surface area contributed by atoms with Crippen LogP contribution in [-0.4, -0.2) is 80.8 Å². The van der Waals surface area contributed by atoms with Crippen LogP contribution < -0.4 is 21.9 Å². The van der Waals surface area contributed by atoms with E-state index in [0.29, 0.717) is 71.7 Å². The van der Waals surface area contributed by atoms with Crippen molar-refractivity contribution in [3.63, 3.8) is 0 Å². The van der Waals surface area contributed by atoms with Crippen molar-refractivity contribution in [2.75, 3.05) is 32.5 Å². The van der Waals surface area contributed by atoms with Crippen molar-refractivity contribution < 1.29 is 14.3 Å². The van der Waals surface area contributed by atoms with Crippen LogP contribution in [0.4, 0.5) is 10.8 Å². The summed E-state index contributed by atoms with van der Waals surface area (Å²) in [5.41, 5.74) is 21.5. The molecule has 1 spiro atoms. The van der Waals surface area contributed by atoms with Gasteiger partial charge in [0.2, 0.25) is 5.88 Å². The van der Waals surface area contributed by atoms with Crippen molar-refractivity contribution in [2.24, 2.45) is 16.5 Å². The number of ether oxygens (including phenoxy) is 2. The second kappa shape index (κ2) is 14.5. The predicted molar refractivity (Wildman–Crippen MR) is 195 cm³/mol. The number of anilines is 1. The summed E-state index contributed by atoms with van der Waals surface area (Å²) in [6.07, 6.45) is 12.9. The zero-order valence-electron chi connectivity index (χ0n) is 29.2. The first-order valence-electron chi connectivity index (χ1n) is 17.8. The Morgan fingerprint density at radius 2 is 1.98 bits per heavy atom. The minimum absolute atomic E-state index is 0.0769. The number of ketones is 1. The third-order valence-electron chi connectivity index (χ3n) is 10.9. The van der Waals surface area contributed by atoms with Gasteiger partial charge in [-0.1, -0.05) is 5.21 Å². The van der Waals surface area contributed by atoms with Gasteiger partial charge in [0.15, 0.2) is 17.4 Å². The van der Waals surface area contributed by atoms with Crippen LogP contribution in [0.2, 0.25) is 0 Å². The average Bonchev–Trinajstić information content (AvgIpc) is 3.88. The number of nitrogens with zero attached hydrogens (tertiary/aromatic N) is 8. The number of nitrogens with two attached hydrogens (primary N) is 3. The summed E-state index contributed by atoms with van der Waals surface area (Å²) in [6, 6.07) is 4.41.